The summed E-state index contributed by atoms with van der Waals surface area (Å²) in [6.07, 6.45) is -3.58. The van der Waals surface area contributed by atoms with Crippen molar-refractivity contribution in [2.24, 2.45) is 23.3 Å². The van der Waals surface area contributed by atoms with Gasteiger partial charge in [0.2, 0.25) is 0 Å². The highest BCUT2D eigenvalue weighted by Gasteiger charge is 2.60. The normalized spacial score (nSPS) is 26.6. The molecule has 0 bridgehead atoms. The summed E-state index contributed by atoms with van der Waals surface area (Å²) < 4.78 is 17.0. The lowest BCUT2D eigenvalue weighted by molar-refractivity contribution is -0.163. The molecule has 1 aromatic heterocycles. The number of rotatable bonds is 8. The molecule has 1 fully saturated rings. The average Bonchev–Trinajstić information content (AvgIpc) is 3.02. The summed E-state index contributed by atoms with van der Waals surface area (Å²) in [4.78, 5) is 40.6. The summed E-state index contributed by atoms with van der Waals surface area (Å²) >= 11 is 0. The number of carbonyl (C=O) groups excluding carboxylic acids is 2. The van der Waals surface area contributed by atoms with Gasteiger partial charge in [0, 0.05) is 6.20 Å². The molecule has 2 heterocycles. The third kappa shape index (κ3) is 5.31. The molecule has 1 aliphatic heterocycles. The Kier molecular flexibility index (Phi) is 8.15. The van der Waals surface area contributed by atoms with Gasteiger partial charge in [-0.2, -0.15) is 10.2 Å². The fourth-order valence-electron chi connectivity index (χ4n) is 3.09. The van der Waals surface area contributed by atoms with Gasteiger partial charge in [0.15, 0.2) is 12.2 Å². The van der Waals surface area contributed by atoms with Gasteiger partial charge in [-0.05, 0) is 17.9 Å². The van der Waals surface area contributed by atoms with Gasteiger partial charge in [-0.3, -0.25) is 14.2 Å². The zero-order valence-electron chi connectivity index (χ0n) is 18.9. The Bertz CT molecular complexity index is 974. The zero-order valence-corrected chi connectivity index (χ0v) is 18.9. The van der Waals surface area contributed by atoms with Crippen LogP contribution in [0.5, 0.6) is 0 Å². The van der Waals surface area contributed by atoms with Crippen LogP contribution >= 0.6 is 0 Å². The molecule has 13 nitrogen and oxygen atoms in total. The van der Waals surface area contributed by atoms with Crippen LogP contribution in [0.2, 0.25) is 0 Å². The van der Waals surface area contributed by atoms with Crippen LogP contribution in [-0.2, 0) is 29.5 Å². The first-order valence-corrected chi connectivity index (χ1v) is 10.4. The van der Waals surface area contributed by atoms with Gasteiger partial charge in [0.05, 0.1) is 0 Å². The molecule has 0 amide bonds. The number of nitrogens with two attached hydrogens (primary N) is 3. The average molecular weight is 466 g/mol. The predicted molar refractivity (Wildman–Crippen MR) is 114 cm³/mol. The first-order valence-electron chi connectivity index (χ1n) is 10.4. The predicted octanol–water partition coefficient (Wildman–Crippen LogP) is -1.82. The van der Waals surface area contributed by atoms with E-state index in [4.69, 9.17) is 31.4 Å². The topological polar surface area (TPSA) is 219 Å². The third-order valence-electron chi connectivity index (χ3n) is 5.38. The van der Waals surface area contributed by atoms with Crippen molar-refractivity contribution in [3.63, 3.8) is 0 Å². The smallest absolute Gasteiger partial charge is 0.352 e. The molecule has 1 aromatic rings. The maximum absolute atomic E-state index is 12.5. The van der Waals surface area contributed by atoms with Crippen molar-refractivity contribution in [2.75, 3.05) is 12.3 Å². The maximum atomic E-state index is 12.5. The highest BCUT2D eigenvalue weighted by atomic mass is 16.6. The number of aliphatic hydroxyl groups is 1. The van der Waals surface area contributed by atoms with E-state index >= 15 is 0 Å². The number of nitrogens with zero attached hydrogens (tertiary/aromatic N) is 3. The minimum atomic E-state index is -2.35. The fourth-order valence-corrected chi connectivity index (χ4v) is 3.09. The van der Waals surface area contributed by atoms with Crippen LogP contribution in [0.1, 0.15) is 27.7 Å². The Hall–Kier alpha value is -3.05. The molecule has 13 heteroatoms. The summed E-state index contributed by atoms with van der Waals surface area (Å²) in [7, 11) is 0. The number of hydrogen-bond acceptors (Lipinski definition) is 12. The molecule has 7 N–H and O–H groups in total. The van der Waals surface area contributed by atoms with Crippen molar-refractivity contribution in [3.8, 4) is 6.07 Å². The summed E-state index contributed by atoms with van der Waals surface area (Å²) in [6.45, 7) is 6.31. The molecule has 6 atom stereocenters. The molecule has 182 valence electrons. The molecule has 0 aliphatic carbocycles. The second-order valence-corrected chi connectivity index (χ2v) is 8.49. The van der Waals surface area contributed by atoms with E-state index in [9.17, 15) is 24.8 Å². The van der Waals surface area contributed by atoms with Gasteiger partial charge in [0.25, 0.3) is 5.72 Å². The molecular formula is C20H30N6O7. The Morgan fingerprint density at radius 1 is 1.27 bits per heavy atom. The number of nitrogen functional groups attached to an aromatic ring is 1. The van der Waals surface area contributed by atoms with Crippen molar-refractivity contribution in [1.82, 2.24) is 9.55 Å². The third-order valence-corrected chi connectivity index (χ3v) is 5.38. The Morgan fingerprint density at radius 2 is 1.85 bits per heavy atom. The van der Waals surface area contributed by atoms with Gasteiger partial charge in [-0.1, -0.05) is 27.7 Å². The zero-order chi connectivity index (χ0) is 25.1. The summed E-state index contributed by atoms with van der Waals surface area (Å²) in [5.74, 6) is -2.25. The highest BCUT2D eigenvalue weighted by Crippen LogP contribution is 2.36. The van der Waals surface area contributed by atoms with Crippen LogP contribution in [0.25, 0.3) is 0 Å². The van der Waals surface area contributed by atoms with Gasteiger partial charge in [-0.15, -0.1) is 0 Å². The van der Waals surface area contributed by atoms with Crippen molar-refractivity contribution >= 4 is 17.8 Å². The first kappa shape index (κ1) is 26.2. The minimum Gasteiger partial charge on any atom is -0.462 e. The van der Waals surface area contributed by atoms with E-state index in [1.165, 1.54) is 6.07 Å². The lowest BCUT2D eigenvalue weighted by Gasteiger charge is -2.27. The lowest BCUT2D eigenvalue weighted by Crippen LogP contribution is -2.51. The van der Waals surface area contributed by atoms with Crippen LogP contribution < -0.4 is 22.9 Å². The second-order valence-electron chi connectivity index (χ2n) is 8.49. The monoisotopic (exact) mass is 466 g/mol. The fraction of sp³-hybridized carbons (Fsp3) is 0.650. The summed E-state index contributed by atoms with van der Waals surface area (Å²) in [6, 6.07) is 0.995. The van der Waals surface area contributed by atoms with E-state index in [2.05, 4.69) is 4.98 Å². The number of hydrogen-bond donors (Lipinski definition) is 4. The Morgan fingerprint density at radius 3 is 2.36 bits per heavy atom. The largest absolute Gasteiger partial charge is 0.462 e. The summed E-state index contributed by atoms with van der Waals surface area (Å²) in [5.41, 5.74) is 13.8. The van der Waals surface area contributed by atoms with E-state index < -0.39 is 60.4 Å². The van der Waals surface area contributed by atoms with Crippen LogP contribution in [0.15, 0.2) is 17.1 Å². The van der Waals surface area contributed by atoms with Crippen molar-refractivity contribution in [2.45, 2.75) is 63.8 Å². The second kappa shape index (κ2) is 10.3. The number of carbonyl (C=O) groups is 2. The number of aliphatic hydroxyl groups excluding tert-OH is 1. The van der Waals surface area contributed by atoms with E-state index in [0.29, 0.717) is 0 Å². The number of esters is 2. The standard InChI is InChI=1S/C20H30N6O7/c1-9(2)13(23)17(28)31-7-11-15(32-18(29)14(24)10(3)4)16(27)20(8-21,33-11)26-6-5-12(22)25-19(26)30/h5-6,9-11,13-16,27H,7,23-24H2,1-4H3,(H2,22,25,30)/t11-,13+,14+,15?,16?,20-/m1/s1. The van der Waals surface area contributed by atoms with Crippen molar-refractivity contribution in [3.05, 3.63) is 22.7 Å². The van der Waals surface area contributed by atoms with Gasteiger partial charge in [0.1, 0.15) is 36.7 Å². The van der Waals surface area contributed by atoms with Crippen LogP contribution in [-0.4, -0.2) is 63.6 Å². The SMILES string of the molecule is CC(C)[C@H](N)C(=O)OC[C@H]1O[C@@](C#N)(n2ccc(N)nc2=O)C(O)C1OC(=O)[C@@H](N)C(C)C. The lowest BCUT2D eigenvalue weighted by atomic mass is 10.0. The van der Waals surface area contributed by atoms with E-state index in [1.54, 1.807) is 33.8 Å². The molecule has 0 saturated carbocycles. The highest BCUT2D eigenvalue weighted by molar-refractivity contribution is 5.76. The molecule has 1 aliphatic rings. The van der Waals surface area contributed by atoms with Crippen LogP contribution in [0, 0.1) is 23.2 Å². The molecule has 0 spiro atoms. The van der Waals surface area contributed by atoms with E-state index in [0.717, 1.165) is 10.8 Å². The van der Waals surface area contributed by atoms with Crippen LogP contribution in [0.4, 0.5) is 5.82 Å². The quantitative estimate of drug-likeness (QED) is 0.311. The number of anilines is 1. The molecule has 1 saturated heterocycles. The Labute approximate surface area is 190 Å². The maximum Gasteiger partial charge on any atom is 0.352 e. The molecule has 33 heavy (non-hydrogen) atoms. The van der Waals surface area contributed by atoms with E-state index in [1.807, 2.05) is 0 Å². The molecule has 2 rings (SSSR count). The molecule has 2 unspecified atom stereocenters. The van der Waals surface area contributed by atoms with Crippen molar-refractivity contribution in [1.29, 1.82) is 5.26 Å². The first-order chi connectivity index (χ1) is 15.3. The molecule has 0 radical (unpaired) electrons. The van der Waals surface area contributed by atoms with Gasteiger partial charge >= 0.3 is 17.6 Å². The molecular weight excluding hydrogens is 436 g/mol. The Balaban J connectivity index is 2.41. The van der Waals surface area contributed by atoms with Crippen LogP contribution in [0.3, 0.4) is 0 Å². The number of nitriles is 1. The molecule has 0 aromatic carbocycles. The van der Waals surface area contributed by atoms with Gasteiger partial charge < -0.3 is 36.5 Å². The minimum absolute atomic E-state index is 0.115. The number of aromatic nitrogens is 2. The summed E-state index contributed by atoms with van der Waals surface area (Å²) in [5, 5.41) is 20.9. The van der Waals surface area contributed by atoms with Gasteiger partial charge in [-0.25, -0.2) is 4.79 Å². The van der Waals surface area contributed by atoms with E-state index in [-0.39, 0.29) is 17.7 Å². The van der Waals surface area contributed by atoms with Crippen molar-refractivity contribution < 1.29 is 28.9 Å². The number of ether oxygens (including phenoxy) is 3.